The molecule has 1 aromatic carbocycles. The van der Waals surface area contributed by atoms with Gasteiger partial charge in [-0.05, 0) is 29.9 Å². The van der Waals surface area contributed by atoms with E-state index in [1.165, 1.54) is 12.1 Å². The highest BCUT2D eigenvalue weighted by atomic mass is 15.2. The standard InChI is InChI=1S/C14H15N/c1-15-12-5-3-2-4-11(12)13-9-6-7-10(8-9)14(13)15/h2-7,9-10,13-14H,8H2,1H3. The topological polar surface area (TPSA) is 3.24 Å². The van der Waals surface area contributed by atoms with Gasteiger partial charge in [-0.25, -0.2) is 0 Å². The van der Waals surface area contributed by atoms with E-state index in [1.54, 1.807) is 5.56 Å². The van der Waals surface area contributed by atoms with Crippen molar-refractivity contribution in [3.05, 3.63) is 42.0 Å². The van der Waals surface area contributed by atoms with E-state index in [0.717, 1.165) is 23.8 Å². The van der Waals surface area contributed by atoms with E-state index in [1.807, 2.05) is 0 Å². The molecular formula is C14H15N. The second kappa shape index (κ2) is 2.46. The maximum atomic E-state index is 2.51. The number of hydrogen-bond acceptors (Lipinski definition) is 1. The van der Waals surface area contributed by atoms with Crippen LogP contribution in [0.15, 0.2) is 36.4 Å². The molecule has 0 saturated heterocycles. The van der Waals surface area contributed by atoms with Gasteiger partial charge in [0.05, 0.1) is 0 Å². The van der Waals surface area contributed by atoms with Crippen LogP contribution in [-0.2, 0) is 0 Å². The van der Waals surface area contributed by atoms with Crippen LogP contribution in [0.4, 0.5) is 5.69 Å². The number of likely N-dealkylation sites (N-methyl/N-ethyl adjacent to an activating group) is 1. The van der Waals surface area contributed by atoms with Crippen molar-refractivity contribution in [2.24, 2.45) is 11.8 Å². The van der Waals surface area contributed by atoms with E-state index in [9.17, 15) is 0 Å². The quantitative estimate of drug-likeness (QED) is 0.578. The average Bonchev–Trinajstić information content (AvgIpc) is 2.92. The molecular weight excluding hydrogens is 182 g/mol. The first-order valence-electron chi connectivity index (χ1n) is 5.86. The van der Waals surface area contributed by atoms with E-state index in [4.69, 9.17) is 0 Å². The van der Waals surface area contributed by atoms with Crippen LogP contribution >= 0.6 is 0 Å². The average molecular weight is 197 g/mol. The van der Waals surface area contributed by atoms with Crippen molar-refractivity contribution in [1.82, 2.24) is 0 Å². The Kier molecular flexibility index (Phi) is 1.31. The van der Waals surface area contributed by atoms with Crippen LogP contribution in [0.2, 0.25) is 0 Å². The summed E-state index contributed by atoms with van der Waals surface area (Å²) in [6.45, 7) is 0. The Hall–Kier alpha value is -1.24. The van der Waals surface area contributed by atoms with Crippen LogP contribution in [0.25, 0.3) is 0 Å². The molecule has 2 bridgehead atoms. The van der Waals surface area contributed by atoms with Gasteiger partial charge in [0.1, 0.15) is 0 Å². The van der Waals surface area contributed by atoms with Gasteiger partial charge in [0, 0.05) is 24.7 Å². The van der Waals surface area contributed by atoms with Gasteiger partial charge >= 0.3 is 0 Å². The molecule has 1 aromatic rings. The molecule has 4 atom stereocenters. The molecule has 3 aliphatic rings. The van der Waals surface area contributed by atoms with Crippen molar-refractivity contribution in [1.29, 1.82) is 0 Å². The molecule has 1 aliphatic heterocycles. The van der Waals surface area contributed by atoms with E-state index in [2.05, 4.69) is 48.4 Å². The highest BCUT2D eigenvalue weighted by Crippen LogP contribution is 2.57. The molecule has 4 rings (SSSR count). The smallest absolute Gasteiger partial charge is 0.0424 e. The van der Waals surface area contributed by atoms with Gasteiger partial charge in [-0.1, -0.05) is 30.4 Å². The molecule has 76 valence electrons. The van der Waals surface area contributed by atoms with Gasteiger partial charge < -0.3 is 4.90 Å². The Morgan fingerprint density at radius 2 is 1.93 bits per heavy atom. The van der Waals surface area contributed by atoms with Crippen LogP contribution in [0, 0.1) is 11.8 Å². The minimum Gasteiger partial charge on any atom is -0.370 e. The van der Waals surface area contributed by atoms with Crippen molar-refractivity contribution in [3.63, 3.8) is 0 Å². The fourth-order valence-corrected chi connectivity index (χ4v) is 3.99. The zero-order valence-electron chi connectivity index (χ0n) is 8.93. The number of allylic oxidation sites excluding steroid dienone is 1. The first-order valence-corrected chi connectivity index (χ1v) is 5.86. The summed E-state index contributed by atoms with van der Waals surface area (Å²) in [6.07, 6.45) is 6.27. The maximum absolute atomic E-state index is 2.51. The van der Waals surface area contributed by atoms with Crippen molar-refractivity contribution in [2.75, 3.05) is 11.9 Å². The molecule has 15 heavy (non-hydrogen) atoms. The normalized spacial score (nSPS) is 39.7. The Morgan fingerprint density at radius 3 is 2.87 bits per heavy atom. The minimum absolute atomic E-state index is 0.748. The minimum atomic E-state index is 0.748. The number of anilines is 1. The van der Waals surface area contributed by atoms with E-state index in [0.29, 0.717) is 0 Å². The third-order valence-electron chi connectivity index (χ3n) is 4.54. The first-order chi connectivity index (χ1) is 7.36. The van der Waals surface area contributed by atoms with Crippen LogP contribution in [0.5, 0.6) is 0 Å². The molecule has 0 N–H and O–H groups in total. The molecule has 1 saturated carbocycles. The lowest BCUT2D eigenvalue weighted by atomic mass is 9.86. The summed E-state index contributed by atoms with van der Waals surface area (Å²) < 4.78 is 0. The third-order valence-corrected chi connectivity index (χ3v) is 4.54. The van der Waals surface area contributed by atoms with Gasteiger partial charge in [-0.2, -0.15) is 0 Å². The number of hydrogen-bond donors (Lipinski definition) is 0. The Morgan fingerprint density at radius 1 is 1.13 bits per heavy atom. The Balaban J connectivity index is 1.92. The molecule has 2 aliphatic carbocycles. The molecule has 1 heterocycles. The summed E-state index contributed by atoms with van der Waals surface area (Å²) in [5, 5.41) is 0. The SMILES string of the molecule is CN1c2ccccc2C2C3C=CC(C3)C21. The lowest BCUT2D eigenvalue weighted by molar-refractivity contribution is 0.516. The van der Waals surface area contributed by atoms with Gasteiger partial charge in [0.25, 0.3) is 0 Å². The summed E-state index contributed by atoms with van der Waals surface area (Å²) in [7, 11) is 2.26. The third kappa shape index (κ3) is 0.808. The highest BCUT2D eigenvalue weighted by Gasteiger charge is 2.51. The van der Waals surface area contributed by atoms with Gasteiger partial charge in [-0.3, -0.25) is 0 Å². The number of fused-ring (bicyclic) bond motifs is 7. The fraction of sp³-hybridized carbons (Fsp3) is 0.429. The fourth-order valence-electron chi connectivity index (χ4n) is 3.99. The summed E-state index contributed by atoms with van der Waals surface area (Å²) >= 11 is 0. The second-order valence-electron chi connectivity index (χ2n) is 5.13. The van der Waals surface area contributed by atoms with Crippen molar-refractivity contribution in [2.45, 2.75) is 18.4 Å². The van der Waals surface area contributed by atoms with Crippen LogP contribution in [0.1, 0.15) is 17.9 Å². The van der Waals surface area contributed by atoms with Gasteiger partial charge in [0.15, 0.2) is 0 Å². The molecule has 0 radical (unpaired) electrons. The Labute approximate surface area is 90.4 Å². The predicted octanol–water partition coefficient (Wildman–Crippen LogP) is 2.79. The number of nitrogens with zero attached hydrogens (tertiary/aromatic N) is 1. The van der Waals surface area contributed by atoms with E-state index >= 15 is 0 Å². The molecule has 0 spiro atoms. The summed E-state index contributed by atoms with van der Waals surface area (Å²) in [6, 6.07) is 9.69. The largest absolute Gasteiger partial charge is 0.370 e. The van der Waals surface area contributed by atoms with Crippen molar-refractivity contribution >= 4 is 5.69 Å². The van der Waals surface area contributed by atoms with Crippen LogP contribution < -0.4 is 4.90 Å². The number of rotatable bonds is 0. The molecule has 1 fully saturated rings. The number of benzene rings is 1. The zero-order chi connectivity index (χ0) is 9.99. The Bertz CT molecular complexity index is 448. The van der Waals surface area contributed by atoms with Crippen molar-refractivity contribution in [3.8, 4) is 0 Å². The summed E-state index contributed by atoms with van der Waals surface area (Å²) in [4.78, 5) is 2.51. The first kappa shape index (κ1) is 7.98. The molecule has 1 nitrogen and oxygen atoms in total. The molecule has 0 amide bonds. The summed E-state index contributed by atoms with van der Waals surface area (Å²) in [5.74, 6) is 2.39. The van der Waals surface area contributed by atoms with Crippen molar-refractivity contribution < 1.29 is 0 Å². The lowest BCUT2D eigenvalue weighted by Crippen LogP contribution is -2.33. The molecule has 4 unspecified atom stereocenters. The monoisotopic (exact) mass is 197 g/mol. The van der Waals surface area contributed by atoms with Crippen LogP contribution in [-0.4, -0.2) is 13.1 Å². The second-order valence-corrected chi connectivity index (χ2v) is 5.13. The van der Waals surface area contributed by atoms with E-state index < -0.39 is 0 Å². The number of para-hydroxylation sites is 1. The zero-order valence-corrected chi connectivity index (χ0v) is 8.93. The lowest BCUT2D eigenvalue weighted by Gasteiger charge is -2.27. The molecule has 0 aromatic heterocycles. The summed E-state index contributed by atoms with van der Waals surface area (Å²) in [5.41, 5.74) is 3.05. The van der Waals surface area contributed by atoms with Gasteiger partial charge in [0.2, 0.25) is 0 Å². The predicted molar refractivity (Wildman–Crippen MR) is 62.1 cm³/mol. The van der Waals surface area contributed by atoms with E-state index in [-0.39, 0.29) is 0 Å². The molecule has 1 heteroatoms. The van der Waals surface area contributed by atoms with Crippen LogP contribution in [0.3, 0.4) is 0 Å². The highest BCUT2D eigenvalue weighted by molar-refractivity contribution is 5.63. The van der Waals surface area contributed by atoms with Gasteiger partial charge in [-0.15, -0.1) is 0 Å². The maximum Gasteiger partial charge on any atom is 0.0424 e.